The van der Waals surface area contributed by atoms with Crippen molar-refractivity contribution in [2.24, 2.45) is 0 Å². The van der Waals surface area contributed by atoms with E-state index in [2.05, 4.69) is 0 Å². The average Bonchev–Trinajstić information content (AvgIpc) is 4.20. The predicted molar refractivity (Wildman–Crippen MR) is 252 cm³/mol. The van der Waals surface area contributed by atoms with Crippen LogP contribution >= 0.6 is 45.3 Å². The van der Waals surface area contributed by atoms with Gasteiger partial charge in [0.2, 0.25) is 0 Å². The van der Waals surface area contributed by atoms with Crippen molar-refractivity contribution in [3.8, 4) is 0 Å². The number of ether oxygens (including phenoxy) is 2. The molecule has 64 heavy (non-hydrogen) atoms. The standard InChI is InChI=1S/C50H30N2O8S4/c53-39-29-15-7-8-16-30(29)40(54)33(39)19-27-21-35-43(61-27)45-37(51(35)49(57)59-23-25-11-3-1-4-12-25)47-48(63-45)38-46(64-47)44-36(52(38)50(58)60-24-26-13-5-2-6-14-26)22-28(62-44)20-34-41(55)31-17-9-10-18-32(31)42(34)56/h1-6,11-22H,7-10,23-24H2. The minimum absolute atomic E-state index is 0.0285. The number of Topliss-reactive ketones (excluding diaryl/α,β-unsaturated/α-hetero) is 4. The monoisotopic (exact) mass is 914 g/mol. The zero-order chi connectivity index (χ0) is 43.4. The first kappa shape index (κ1) is 38.8. The Hall–Kier alpha value is -6.84. The van der Waals surface area contributed by atoms with Gasteiger partial charge in [0.05, 0.1) is 61.4 Å². The summed E-state index contributed by atoms with van der Waals surface area (Å²) in [5.74, 6) is -1.18. The lowest BCUT2D eigenvalue weighted by molar-refractivity contribution is -0.116. The van der Waals surface area contributed by atoms with Crippen molar-refractivity contribution < 1.29 is 38.2 Å². The van der Waals surface area contributed by atoms with Crippen molar-refractivity contribution >= 4 is 143 Å². The van der Waals surface area contributed by atoms with Gasteiger partial charge in [-0.3, -0.25) is 19.2 Å². The van der Waals surface area contributed by atoms with Crippen LogP contribution in [0.5, 0.6) is 0 Å². The van der Waals surface area contributed by atoms with Crippen molar-refractivity contribution in [3.05, 3.63) is 151 Å². The molecular formula is C50H30N2O8S4. The summed E-state index contributed by atoms with van der Waals surface area (Å²) in [4.78, 5) is 83.8. The number of allylic oxidation sites excluding steroid dienone is 10. The van der Waals surface area contributed by atoms with Crippen LogP contribution < -0.4 is 0 Å². The van der Waals surface area contributed by atoms with E-state index in [4.69, 9.17) is 9.47 Å². The summed E-state index contributed by atoms with van der Waals surface area (Å²) in [5, 5.41) is 0. The van der Waals surface area contributed by atoms with Crippen LogP contribution in [-0.2, 0) is 41.9 Å². The summed E-state index contributed by atoms with van der Waals surface area (Å²) in [6.45, 7) is 0.0571. The molecule has 0 N–H and O–H groups in total. The normalized spacial score (nSPS) is 16.2. The van der Waals surface area contributed by atoms with E-state index in [1.54, 1.807) is 21.3 Å². The van der Waals surface area contributed by atoms with E-state index in [0.717, 1.165) is 39.3 Å². The van der Waals surface area contributed by atoms with Crippen molar-refractivity contribution in [1.29, 1.82) is 0 Å². The summed E-state index contributed by atoms with van der Waals surface area (Å²) in [6.07, 6.45) is 12.2. The molecule has 8 aromatic rings. The summed E-state index contributed by atoms with van der Waals surface area (Å²) >= 11 is 5.64. The number of hydrogen-bond acceptors (Lipinski definition) is 12. The van der Waals surface area contributed by atoms with Gasteiger partial charge in [0.15, 0.2) is 23.1 Å². The molecule has 2 fully saturated rings. The quantitative estimate of drug-likeness (QED) is 0.119. The Labute approximate surface area is 378 Å². The van der Waals surface area contributed by atoms with Crippen molar-refractivity contribution in [2.45, 2.75) is 38.9 Å². The maximum Gasteiger partial charge on any atom is 0.419 e. The topological polar surface area (TPSA) is 131 Å². The molecule has 2 aromatic carbocycles. The summed E-state index contributed by atoms with van der Waals surface area (Å²) < 4.78 is 19.7. The molecule has 10 nitrogen and oxygen atoms in total. The van der Waals surface area contributed by atoms with Crippen LogP contribution in [0, 0.1) is 0 Å². The number of rotatable bonds is 6. The van der Waals surface area contributed by atoms with E-state index in [1.807, 2.05) is 97.1 Å². The van der Waals surface area contributed by atoms with Gasteiger partial charge in [-0.15, -0.1) is 45.3 Å². The lowest BCUT2D eigenvalue weighted by Gasteiger charge is -2.07. The average molecular weight is 915 g/mol. The molecule has 2 saturated carbocycles. The number of aromatic nitrogens is 2. The number of thiophene rings is 4. The van der Waals surface area contributed by atoms with Gasteiger partial charge in [0.25, 0.3) is 0 Å². The third-order valence-electron chi connectivity index (χ3n) is 11.9. The van der Waals surface area contributed by atoms with Crippen LogP contribution in [0.1, 0.15) is 46.6 Å². The van der Waals surface area contributed by atoms with E-state index in [-0.39, 0.29) is 47.5 Å². The van der Waals surface area contributed by atoms with Gasteiger partial charge in [-0.05, 0) is 61.1 Å². The van der Waals surface area contributed by atoms with Crippen LogP contribution in [0.15, 0.2) is 131 Å². The summed E-state index contributed by atoms with van der Waals surface area (Å²) in [5.41, 5.74) is 6.01. The van der Waals surface area contributed by atoms with E-state index in [0.29, 0.717) is 79.8 Å². The molecule has 0 amide bonds. The fourth-order valence-electron chi connectivity index (χ4n) is 8.96. The summed E-state index contributed by atoms with van der Waals surface area (Å²) in [7, 11) is 0. The fourth-order valence-corrected chi connectivity index (χ4v) is 14.2. The molecule has 4 aliphatic rings. The number of ketones is 4. The van der Waals surface area contributed by atoms with E-state index >= 15 is 0 Å². The number of carbonyl (C=O) groups excluding carboxylic acids is 6. The SMILES string of the molecule is O=C1C(=Cc2cc3c(s2)c2sc4c(sc5c6sc(C=C7C(=O)C8=CCCC=C8C7=O)cc6n(C(=O)OCc6ccccc6)c54)c2n3C(=O)OCc2ccccc2)C(=O)C2=CCCC=C12. The number of nitrogens with zero attached hydrogens (tertiary/aromatic N) is 2. The maximum absolute atomic E-state index is 14.4. The Kier molecular flexibility index (Phi) is 9.02. The van der Waals surface area contributed by atoms with Gasteiger partial charge in [-0.1, -0.05) is 85.0 Å². The Morgan fingerprint density at radius 2 is 0.828 bits per heavy atom. The molecule has 4 aliphatic carbocycles. The van der Waals surface area contributed by atoms with Gasteiger partial charge in [-0.2, -0.15) is 0 Å². The van der Waals surface area contributed by atoms with Gasteiger partial charge in [0, 0.05) is 32.0 Å². The minimum Gasteiger partial charge on any atom is -0.444 e. The molecule has 312 valence electrons. The predicted octanol–water partition coefficient (Wildman–Crippen LogP) is 12.0. The number of hydrogen-bond donors (Lipinski definition) is 0. The van der Waals surface area contributed by atoms with Crippen LogP contribution in [-0.4, -0.2) is 44.5 Å². The molecule has 6 aromatic heterocycles. The lowest BCUT2D eigenvalue weighted by atomic mass is 10.0. The van der Waals surface area contributed by atoms with Gasteiger partial charge < -0.3 is 9.47 Å². The van der Waals surface area contributed by atoms with Gasteiger partial charge in [-0.25, -0.2) is 18.7 Å². The van der Waals surface area contributed by atoms with E-state index in [9.17, 15) is 28.8 Å². The van der Waals surface area contributed by atoms with Crippen LogP contribution in [0.4, 0.5) is 9.59 Å². The molecular weight excluding hydrogens is 885 g/mol. The number of carbonyl (C=O) groups is 6. The second kappa shape index (κ2) is 14.9. The van der Waals surface area contributed by atoms with Crippen LogP contribution in [0.25, 0.3) is 62.4 Å². The smallest absolute Gasteiger partial charge is 0.419 e. The Balaban J connectivity index is 1.04. The number of benzene rings is 2. The van der Waals surface area contributed by atoms with Gasteiger partial charge >= 0.3 is 12.2 Å². The zero-order valence-corrected chi connectivity index (χ0v) is 36.7. The molecule has 14 heteroatoms. The molecule has 6 heterocycles. The Bertz CT molecular complexity index is 3350. The molecule has 0 bridgehead atoms. The molecule has 0 spiro atoms. The highest BCUT2D eigenvalue weighted by Gasteiger charge is 2.39. The van der Waals surface area contributed by atoms with Crippen LogP contribution in [0.3, 0.4) is 0 Å². The highest BCUT2D eigenvalue weighted by Crippen LogP contribution is 2.53. The Morgan fingerprint density at radius 1 is 0.484 bits per heavy atom. The van der Waals surface area contributed by atoms with E-state index < -0.39 is 12.2 Å². The third kappa shape index (κ3) is 5.93. The second-order valence-electron chi connectivity index (χ2n) is 15.8. The maximum atomic E-state index is 14.4. The fraction of sp³-hybridized carbons (Fsp3) is 0.120. The molecule has 0 saturated heterocycles. The number of fused-ring (bicyclic) bond motifs is 11. The minimum atomic E-state index is -0.606. The molecule has 0 atom stereocenters. The van der Waals surface area contributed by atoms with Crippen molar-refractivity contribution in [3.63, 3.8) is 0 Å². The zero-order valence-electron chi connectivity index (χ0n) is 33.4. The summed E-state index contributed by atoms with van der Waals surface area (Å²) in [6, 6.07) is 22.4. The third-order valence-corrected chi connectivity index (χ3v) is 16.9. The molecule has 0 unspecified atom stereocenters. The highest BCUT2D eigenvalue weighted by atomic mass is 32.1. The molecule has 0 radical (unpaired) electrons. The van der Waals surface area contributed by atoms with Crippen LogP contribution in [0.2, 0.25) is 0 Å². The lowest BCUT2D eigenvalue weighted by Crippen LogP contribution is -2.13. The first-order valence-electron chi connectivity index (χ1n) is 20.6. The van der Waals surface area contributed by atoms with Crippen molar-refractivity contribution in [1.82, 2.24) is 9.13 Å². The molecule has 0 aliphatic heterocycles. The first-order valence-corrected chi connectivity index (χ1v) is 23.8. The largest absolute Gasteiger partial charge is 0.444 e. The first-order chi connectivity index (χ1) is 31.2. The molecule has 12 rings (SSSR count). The van der Waals surface area contributed by atoms with E-state index in [1.165, 1.54) is 45.3 Å². The highest BCUT2D eigenvalue weighted by molar-refractivity contribution is 7.40. The van der Waals surface area contributed by atoms with Crippen molar-refractivity contribution in [2.75, 3.05) is 0 Å². The van der Waals surface area contributed by atoms with Gasteiger partial charge in [0.1, 0.15) is 13.2 Å². The Morgan fingerprint density at radius 3 is 1.19 bits per heavy atom. The second-order valence-corrected chi connectivity index (χ2v) is 20.0.